The van der Waals surface area contributed by atoms with E-state index in [1.165, 1.54) is 25.1 Å². The minimum atomic E-state index is -3.69. The Morgan fingerprint density at radius 2 is 2.10 bits per heavy atom. The smallest absolute Gasteiger partial charge is 0.272 e. The van der Waals surface area contributed by atoms with Crippen LogP contribution in [0.5, 0.6) is 0 Å². The third-order valence-corrected chi connectivity index (χ3v) is 4.91. The third-order valence-electron chi connectivity index (χ3n) is 3.43. The number of hydrogen-bond donors (Lipinski definition) is 2. The van der Waals surface area contributed by atoms with Crippen molar-refractivity contribution in [3.8, 4) is 0 Å². The second kappa shape index (κ2) is 6.69. The van der Waals surface area contributed by atoms with Gasteiger partial charge in [-0.3, -0.25) is 10.1 Å². The van der Waals surface area contributed by atoms with Gasteiger partial charge in [-0.05, 0) is 37.8 Å². The summed E-state index contributed by atoms with van der Waals surface area (Å²) in [5.41, 5.74) is 5.79. The van der Waals surface area contributed by atoms with Gasteiger partial charge < -0.3 is 5.73 Å². The van der Waals surface area contributed by atoms with Crippen molar-refractivity contribution in [2.75, 3.05) is 6.54 Å². The van der Waals surface area contributed by atoms with Crippen LogP contribution < -0.4 is 10.5 Å². The number of nitrogens with zero attached hydrogens (tertiary/aromatic N) is 1. The van der Waals surface area contributed by atoms with Gasteiger partial charge in [0.1, 0.15) is 0 Å². The molecule has 1 atom stereocenters. The lowest BCUT2D eigenvalue weighted by Crippen LogP contribution is -2.41. The number of benzene rings is 1. The zero-order chi connectivity index (χ0) is 14.9. The number of hydrogen-bond acceptors (Lipinski definition) is 5. The SMILES string of the molecule is Cc1cc(S(=O)(=O)NC(CN)C2CC2)ccc1[N+](=O)[O-].Cl. The van der Waals surface area contributed by atoms with E-state index in [1.54, 1.807) is 0 Å². The lowest BCUT2D eigenvalue weighted by Gasteiger charge is -2.16. The minimum absolute atomic E-state index is 0. The van der Waals surface area contributed by atoms with E-state index in [0.29, 0.717) is 11.5 Å². The summed E-state index contributed by atoms with van der Waals surface area (Å²) in [7, 11) is -3.69. The van der Waals surface area contributed by atoms with Gasteiger partial charge in [0, 0.05) is 24.2 Å². The Balaban J connectivity index is 0.00000220. The van der Waals surface area contributed by atoms with E-state index in [4.69, 9.17) is 5.73 Å². The van der Waals surface area contributed by atoms with Crippen molar-refractivity contribution < 1.29 is 13.3 Å². The van der Waals surface area contributed by atoms with E-state index in [-0.39, 0.29) is 35.6 Å². The van der Waals surface area contributed by atoms with Crippen LogP contribution in [0.4, 0.5) is 5.69 Å². The number of nitro groups is 1. The molecule has 118 valence electrons. The quantitative estimate of drug-likeness (QED) is 0.601. The van der Waals surface area contributed by atoms with Crippen LogP contribution in [0.3, 0.4) is 0 Å². The second-order valence-electron chi connectivity index (χ2n) is 5.01. The molecule has 1 aromatic rings. The van der Waals surface area contributed by atoms with Gasteiger partial charge in [-0.1, -0.05) is 0 Å². The molecule has 0 radical (unpaired) electrons. The van der Waals surface area contributed by atoms with Gasteiger partial charge in [0.05, 0.1) is 9.82 Å². The molecule has 0 aromatic heterocycles. The summed E-state index contributed by atoms with van der Waals surface area (Å²) in [6, 6.07) is 3.49. The second-order valence-corrected chi connectivity index (χ2v) is 6.72. The largest absolute Gasteiger partial charge is 0.329 e. The van der Waals surface area contributed by atoms with Crippen LogP contribution in [0.2, 0.25) is 0 Å². The summed E-state index contributed by atoms with van der Waals surface area (Å²) < 4.78 is 27.0. The van der Waals surface area contributed by atoms with Crippen molar-refractivity contribution in [2.24, 2.45) is 11.7 Å². The van der Waals surface area contributed by atoms with Crippen LogP contribution in [0.25, 0.3) is 0 Å². The van der Waals surface area contributed by atoms with E-state index < -0.39 is 14.9 Å². The molecule has 0 heterocycles. The number of aryl methyl sites for hydroxylation is 1. The Morgan fingerprint density at radius 1 is 1.48 bits per heavy atom. The van der Waals surface area contributed by atoms with E-state index in [1.807, 2.05) is 0 Å². The third kappa shape index (κ3) is 4.13. The number of nitro benzene ring substituents is 1. The first-order valence-electron chi connectivity index (χ1n) is 6.32. The Kier molecular flexibility index (Phi) is 5.68. The fourth-order valence-electron chi connectivity index (χ4n) is 2.10. The summed E-state index contributed by atoms with van der Waals surface area (Å²) in [6.45, 7) is 1.76. The number of nitrogens with one attached hydrogen (secondary N) is 1. The normalized spacial score (nSPS) is 16.1. The molecule has 1 aromatic carbocycles. The summed E-state index contributed by atoms with van der Waals surface area (Å²) in [5, 5.41) is 10.7. The van der Waals surface area contributed by atoms with Gasteiger partial charge in [-0.25, -0.2) is 13.1 Å². The summed E-state index contributed by atoms with van der Waals surface area (Å²) in [6.07, 6.45) is 1.95. The van der Waals surface area contributed by atoms with E-state index >= 15 is 0 Å². The Morgan fingerprint density at radius 3 is 2.52 bits per heavy atom. The molecule has 0 aliphatic heterocycles. The molecule has 0 saturated heterocycles. The van der Waals surface area contributed by atoms with Crippen molar-refractivity contribution in [3.05, 3.63) is 33.9 Å². The molecule has 1 aliphatic rings. The average molecular weight is 336 g/mol. The average Bonchev–Trinajstić information content (AvgIpc) is 3.19. The highest BCUT2D eigenvalue weighted by Crippen LogP contribution is 2.33. The summed E-state index contributed by atoms with van der Waals surface area (Å²) in [5.74, 6) is 0.300. The van der Waals surface area contributed by atoms with Gasteiger partial charge >= 0.3 is 0 Å². The minimum Gasteiger partial charge on any atom is -0.329 e. The maximum absolute atomic E-state index is 12.2. The fraction of sp³-hybridized carbons (Fsp3) is 0.500. The Labute approximate surface area is 129 Å². The maximum atomic E-state index is 12.2. The first-order valence-corrected chi connectivity index (χ1v) is 7.81. The molecule has 7 nitrogen and oxygen atoms in total. The van der Waals surface area contributed by atoms with Crippen molar-refractivity contribution in [1.29, 1.82) is 0 Å². The van der Waals surface area contributed by atoms with Gasteiger partial charge in [-0.2, -0.15) is 0 Å². The highest BCUT2D eigenvalue weighted by Gasteiger charge is 2.33. The van der Waals surface area contributed by atoms with Crippen molar-refractivity contribution >= 4 is 28.1 Å². The summed E-state index contributed by atoms with van der Waals surface area (Å²) in [4.78, 5) is 10.2. The first kappa shape index (κ1) is 17.8. The van der Waals surface area contributed by atoms with E-state index in [0.717, 1.165) is 12.8 Å². The lowest BCUT2D eigenvalue weighted by molar-refractivity contribution is -0.385. The number of sulfonamides is 1. The monoisotopic (exact) mass is 335 g/mol. The molecule has 1 unspecified atom stereocenters. The lowest BCUT2D eigenvalue weighted by atomic mass is 10.2. The zero-order valence-electron chi connectivity index (χ0n) is 11.5. The van der Waals surface area contributed by atoms with Crippen LogP contribution in [-0.4, -0.2) is 25.9 Å². The standard InChI is InChI=1S/C12H17N3O4S.ClH/c1-8-6-10(4-5-12(8)15(16)17)20(18,19)14-11(7-13)9-2-3-9;/h4-6,9,11,14H,2-3,7,13H2,1H3;1H. The van der Waals surface area contributed by atoms with Gasteiger partial charge in [0.2, 0.25) is 10.0 Å². The Bertz CT molecular complexity index is 631. The molecular weight excluding hydrogens is 318 g/mol. The zero-order valence-corrected chi connectivity index (χ0v) is 13.1. The van der Waals surface area contributed by atoms with Crippen molar-refractivity contribution in [2.45, 2.75) is 30.7 Å². The Hall–Kier alpha value is -1.22. The molecule has 1 fully saturated rings. The predicted octanol–water partition coefficient (Wildman–Crippen LogP) is 1.34. The topological polar surface area (TPSA) is 115 Å². The predicted molar refractivity (Wildman–Crippen MR) is 81.0 cm³/mol. The number of nitrogens with two attached hydrogens (primary N) is 1. The number of rotatable bonds is 6. The van der Waals surface area contributed by atoms with Crippen molar-refractivity contribution in [1.82, 2.24) is 4.72 Å². The van der Waals surface area contributed by atoms with Crippen LogP contribution in [0, 0.1) is 23.0 Å². The first-order chi connectivity index (χ1) is 9.35. The van der Waals surface area contributed by atoms with Gasteiger partial charge in [-0.15, -0.1) is 12.4 Å². The molecule has 1 aliphatic carbocycles. The number of halogens is 1. The summed E-state index contributed by atoms with van der Waals surface area (Å²) >= 11 is 0. The maximum Gasteiger partial charge on any atom is 0.272 e. The molecule has 2 rings (SSSR count). The van der Waals surface area contributed by atoms with Crippen LogP contribution in [-0.2, 0) is 10.0 Å². The molecule has 0 bridgehead atoms. The van der Waals surface area contributed by atoms with E-state index in [2.05, 4.69) is 4.72 Å². The highest BCUT2D eigenvalue weighted by molar-refractivity contribution is 7.89. The molecular formula is C12H18ClN3O4S. The van der Waals surface area contributed by atoms with Crippen molar-refractivity contribution in [3.63, 3.8) is 0 Å². The van der Waals surface area contributed by atoms with Gasteiger partial charge in [0.15, 0.2) is 0 Å². The molecule has 21 heavy (non-hydrogen) atoms. The fourth-order valence-corrected chi connectivity index (χ4v) is 3.51. The molecule has 0 spiro atoms. The molecule has 3 N–H and O–H groups in total. The van der Waals surface area contributed by atoms with Crippen LogP contribution in [0.15, 0.2) is 23.1 Å². The molecule has 0 amide bonds. The van der Waals surface area contributed by atoms with Gasteiger partial charge in [0.25, 0.3) is 5.69 Å². The molecule has 1 saturated carbocycles. The van der Waals surface area contributed by atoms with Crippen LogP contribution >= 0.6 is 12.4 Å². The molecule has 9 heteroatoms. The van der Waals surface area contributed by atoms with Crippen LogP contribution in [0.1, 0.15) is 18.4 Å². The van der Waals surface area contributed by atoms with E-state index in [9.17, 15) is 18.5 Å². The highest BCUT2D eigenvalue weighted by atomic mass is 35.5.